The first-order valence-corrected chi connectivity index (χ1v) is 9.86. The van der Waals surface area contributed by atoms with Crippen molar-refractivity contribution in [3.63, 3.8) is 0 Å². The van der Waals surface area contributed by atoms with E-state index in [2.05, 4.69) is 0 Å². The van der Waals surface area contributed by atoms with Crippen molar-refractivity contribution in [1.82, 2.24) is 4.90 Å². The number of amides is 1. The van der Waals surface area contributed by atoms with E-state index in [1.165, 1.54) is 6.26 Å². The first-order valence-electron chi connectivity index (χ1n) is 9.86. The van der Waals surface area contributed by atoms with Crippen LogP contribution in [0, 0.1) is 5.92 Å². The van der Waals surface area contributed by atoms with Gasteiger partial charge in [-0.15, -0.1) is 0 Å². The Morgan fingerprint density at radius 2 is 2.07 bits per heavy atom. The number of nitrogens with zero attached hydrogens (tertiary/aromatic N) is 1. The third-order valence-corrected chi connectivity index (χ3v) is 6.32. The first-order chi connectivity index (χ1) is 13.6. The highest BCUT2D eigenvalue weighted by atomic mass is 16.5. The van der Waals surface area contributed by atoms with Gasteiger partial charge < -0.3 is 23.9 Å². The summed E-state index contributed by atoms with van der Waals surface area (Å²) in [5, 5.41) is 11.4. The topological polar surface area (TPSA) is 72.1 Å². The van der Waals surface area contributed by atoms with Crippen molar-refractivity contribution >= 4 is 5.91 Å². The molecular formula is C22H27NO5. The van der Waals surface area contributed by atoms with Crippen molar-refractivity contribution in [3.05, 3.63) is 47.9 Å². The van der Waals surface area contributed by atoms with E-state index in [1.54, 1.807) is 26.4 Å². The molecule has 2 heterocycles. The number of likely N-dealkylation sites (tertiary alicyclic amines) is 1. The Kier molecular flexibility index (Phi) is 5.06. The molecule has 6 nitrogen and oxygen atoms in total. The van der Waals surface area contributed by atoms with E-state index in [9.17, 15) is 9.90 Å². The number of carbonyl (C=O) groups is 1. The van der Waals surface area contributed by atoms with Crippen LogP contribution in [0.5, 0.6) is 11.5 Å². The van der Waals surface area contributed by atoms with Gasteiger partial charge >= 0.3 is 0 Å². The third kappa shape index (κ3) is 3.15. The number of methoxy groups -OCH3 is 2. The monoisotopic (exact) mass is 385 g/mol. The van der Waals surface area contributed by atoms with E-state index < -0.39 is 5.60 Å². The molecule has 2 fully saturated rings. The molecule has 3 atom stereocenters. The van der Waals surface area contributed by atoms with Crippen molar-refractivity contribution in [1.29, 1.82) is 0 Å². The number of hydrogen-bond donors (Lipinski definition) is 1. The minimum atomic E-state index is -0.767. The lowest BCUT2D eigenvalue weighted by Gasteiger charge is -2.52. The van der Waals surface area contributed by atoms with E-state index in [0.717, 1.165) is 31.2 Å². The third-order valence-electron chi connectivity index (χ3n) is 6.32. The predicted molar refractivity (Wildman–Crippen MR) is 104 cm³/mol. The van der Waals surface area contributed by atoms with E-state index in [-0.39, 0.29) is 17.9 Å². The van der Waals surface area contributed by atoms with Gasteiger partial charge in [-0.2, -0.15) is 0 Å². The Morgan fingerprint density at radius 3 is 2.79 bits per heavy atom. The molecule has 1 aromatic heterocycles. The molecule has 1 N–H and O–H groups in total. The number of rotatable bonds is 4. The Bertz CT molecular complexity index is 833. The van der Waals surface area contributed by atoms with Gasteiger partial charge in [0.15, 0.2) is 5.76 Å². The quantitative estimate of drug-likeness (QED) is 0.867. The highest BCUT2D eigenvalue weighted by Gasteiger charge is 2.51. The van der Waals surface area contributed by atoms with Crippen LogP contribution in [0.15, 0.2) is 41.0 Å². The molecule has 0 radical (unpaired) electrons. The summed E-state index contributed by atoms with van der Waals surface area (Å²) >= 11 is 0. The van der Waals surface area contributed by atoms with Crippen LogP contribution < -0.4 is 9.47 Å². The summed E-state index contributed by atoms with van der Waals surface area (Å²) in [6, 6.07) is 8.73. The highest BCUT2D eigenvalue weighted by Crippen LogP contribution is 2.51. The molecule has 0 bridgehead atoms. The minimum Gasteiger partial charge on any atom is -0.497 e. The summed E-state index contributed by atoms with van der Waals surface area (Å²) in [6.07, 6.45) is 5.77. The summed E-state index contributed by atoms with van der Waals surface area (Å²) in [5.74, 6) is 1.49. The lowest BCUT2D eigenvalue weighted by Crippen LogP contribution is -2.56. The largest absolute Gasteiger partial charge is 0.497 e. The van der Waals surface area contributed by atoms with Gasteiger partial charge in [0.25, 0.3) is 5.91 Å². The van der Waals surface area contributed by atoms with Crippen LogP contribution in [0.25, 0.3) is 0 Å². The van der Waals surface area contributed by atoms with Gasteiger partial charge in [-0.3, -0.25) is 4.79 Å². The Hall–Kier alpha value is -2.47. The molecular weight excluding hydrogens is 358 g/mol. The summed E-state index contributed by atoms with van der Waals surface area (Å²) in [6.45, 7) is 0.470. The van der Waals surface area contributed by atoms with Crippen LogP contribution in [0.4, 0.5) is 0 Å². The van der Waals surface area contributed by atoms with Crippen LogP contribution in [0.3, 0.4) is 0 Å². The lowest BCUT2D eigenvalue weighted by atomic mass is 9.66. The number of furan rings is 1. The van der Waals surface area contributed by atoms with Crippen LogP contribution in [0.1, 0.15) is 54.3 Å². The number of benzene rings is 1. The van der Waals surface area contributed by atoms with Crippen molar-refractivity contribution in [2.75, 3.05) is 20.8 Å². The maximum absolute atomic E-state index is 13.3. The molecule has 28 heavy (non-hydrogen) atoms. The van der Waals surface area contributed by atoms with E-state index in [4.69, 9.17) is 13.9 Å². The van der Waals surface area contributed by atoms with Gasteiger partial charge in [0.1, 0.15) is 11.5 Å². The molecule has 1 saturated heterocycles. The molecule has 1 aliphatic heterocycles. The van der Waals surface area contributed by atoms with E-state index in [1.807, 2.05) is 23.1 Å². The molecule has 1 aromatic carbocycles. The summed E-state index contributed by atoms with van der Waals surface area (Å²) in [7, 11) is 3.25. The summed E-state index contributed by atoms with van der Waals surface area (Å²) < 4.78 is 16.5. The van der Waals surface area contributed by atoms with Crippen LogP contribution >= 0.6 is 0 Å². The van der Waals surface area contributed by atoms with Gasteiger partial charge in [0, 0.05) is 18.0 Å². The fourth-order valence-corrected chi connectivity index (χ4v) is 4.91. The number of fused-ring (bicyclic) bond motifs is 1. The second-order valence-corrected chi connectivity index (χ2v) is 7.73. The van der Waals surface area contributed by atoms with E-state index >= 15 is 0 Å². The maximum Gasteiger partial charge on any atom is 0.290 e. The second-order valence-electron chi connectivity index (χ2n) is 7.73. The molecule has 0 unspecified atom stereocenters. The van der Waals surface area contributed by atoms with Crippen molar-refractivity contribution in [3.8, 4) is 11.5 Å². The number of ether oxygens (including phenoxy) is 2. The van der Waals surface area contributed by atoms with Crippen molar-refractivity contribution < 1.29 is 23.8 Å². The summed E-state index contributed by atoms with van der Waals surface area (Å²) in [5.41, 5.74) is 0.100. The predicted octanol–water partition coefficient (Wildman–Crippen LogP) is 3.81. The zero-order chi connectivity index (χ0) is 19.7. The molecule has 4 rings (SSSR count). The fraction of sp³-hybridized carbons (Fsp3) is 0.500. The minimum absolute atomic E-state index is 0.0603. The maximum atomic E-state index is 13.3. The van der Waals surface area contributed by atoms with Crippen LogP contribution in [-0.4, -0.2) is 42.3 Å². The Morgan fingerprint density at radius 1 is 1.21 bits per heavy atom. The second kappa shape index (κ2) is 7.51. The van der Waals surface area contributed by atoms with E-state index in [0.29, 0.717) is 30.2 Å². The Labute approximate surface area is 165 Å². The highest BCUT2D eigenvalue weighted by molar-refractivity contribution is 5.92. The first kappa shape index (κ1) is 18.9. The zero-order valence-corrected chi connectivity index (χ0v) is 16.4. The molecule has 1 saturated carbocycles. The normalized spacial score (nSPS) is 27.2. The van der Waals surface area contributed by atoms with Gasteiger partial charge in [0.2, 0.25) is 0 Å². The van der Waals surface area contributed by atoms with Gasteiger partial charge in [-0.25, -0.2) is 0 Å². The molecule has 2 aliphatic rings. The van der Waals surface area contributed by atoms with Crippen molar-refractivity contribution in [2.45, 2.75) is 43.7 Å². The number of hydrogen-bond acceptors (Lipinski definition) is 5. The lowest BCUT2D eigenvalue weighted by molar-refractivity contribution is -0.115. The number of carbonyl (C=O) groups excluding carboxylic acids is 1. The smallest absolute Gasteiger partial charge is 0.290 e. The standard InChI is InChI=1S/C22H27NO5/c1-26-15-8-9-18(27-2)16(14-15)20-17-6-3-4-10-22(17,25)11-12-23(20)21(24)19-7-5-13-28-19/h5,7-9,13-14,17,20,25H,3-4,6,10-12H2,1-2H3/t17-,20-,22-/m0/s1. The average Bonchev–Trinajstić information content (AvgIpc) is 3.26. The number of piperidine rings is 1. The van der Waals surface area contributed by atoms with Gasteiger partial charge in [-0.05, 0) is 49.6 Å². The van der Waals surface area contributed by atoms with Crippen LogP contribution in [-0.2, 0) is 0 Å². The summed E-state index contributed by atoms with van der Waals surface area (Å²) in [4.78, 5) is 15.1. The number of aliphatic hydroxyl groups is 1. The molecule has 0 spiro atoms. The average molecular weight is 385 g/mol. The molecule has 150 valence electrons. The zero-order valence-electron chi connectivity index (χ0n) is 16.4. The molecule has 6 heteroatoms. The van der Waals surface area contributed by atoms with Gasteiger partial charge in [-0.1, -0.05) is 12.8 Å². The Balaban J connectivity index is 1.82. The molecule has 1 aliphatic carbocycles. The van der Waals surface area contributed by atoms with Crippen molar-refractivity contribution in [2.24, 2.45) is 5.92 Å². The SMILES string of the molecule is COc1ccc(OC)c([C@H]2[C@@H]3CCCC[C@]3(O)CCN2C(=O)c2ccco2)c1. The fourth-order valence-electron chi connectivity index (χ4n) is 4.91. The molecule has 1 amide bonds. The molecule has 2 aromatic rings. The van der Waals surface area contributed by atoms with Crippen LogP contribution in [0.2, 0.25) is 0 Å². The van der Waals surface area contributed by atoms with Gasteiger partial charge in [0.05, 0.1) is 32.1 Å².